The van der Waals surface area contributed by atoms with E-state index in [1.807, 2.05) is 30.3 Å². The fourth-order valence-electron chi connectivity index (χ4n) is 1.42. The van der Waals surface area contributed by atoms with E-state index in [1.165, 1.54) is 0 Å². The van der Waals surface area contributed by atoms with E-state index in [-0.39, 0.29) is 19.3 Å². The van der Waals surface area contributed by atoms with Gasteiger partial charge in [-0.1, -0.05) is 30.3 Å². The molecule has 1 aromatic carbocycles. The third-order valence-corrected chi connectivity index (χ3v) is 2.18. The fraction of sp³-hybridized carbons (Fsp3) is 0.500. The SMILES string of the molecule is OCCCOC(CCO)c1ccccc1. The first-order valence-corrected chi connectivity index (χ1v) is 5.26. The first-order valence-electron chi connectivity index (χ1n) is 5.26. The fourth-order valence-corrected chi connectivity index (χ4v) is 1.42. The molecule has 0 saturated heterocycles. The van der Waals surface area contributed by atoms with Gasteiger partial charge >= 0.3 is 0 Å². The lowest BCUT2D eigenvalue weighted by Crippen LogP contribution is -2.08. The van der Waals surface area contributed by atoms with Gasteiger partial charge in [0.1, 0.15) is 0 Å². The van der Waals surface area contributed by atoms with Gasteiger partial charge in [0.25, 0.3) is 0 Å². The molecule has 2 N–H and O–H groups in total. The first-order chi connectivity index (χ1) is 7.38. The van der Waals surface area contributed by atoms with Crippen LogP contribution in [-0.4, -0.2) is 30.0 Å². The quantitative estimate of drug-likeness (QED) is 0.671. The minimum atomic E-state index is -0.0669. The Balaban J connectivity index is 2.50. The maximum Gasteiger partial charge on any atom is 0.0846 e. The van der Waals surface area contributed by atoms with Crippen molar-refractivity contribution in [1.82, 2.24) is 0 Å². The number of aliphatic hydroxyl groups excluding tert-OH is 2. The number of hydrogen-bond acceptors (Lipinski definition) is 3. The van der Waals surface area contributed by atoms with Gasteiger partial charge in [-0.05, 0) is 12.0 Å². The molecule has 0 amide bonds. The molecule has 1 aromatic rings. The summed E-state index contributed by atoms with van der Waals surface area (Å²) in [5.74, 6) is 0. The van der Waals surface area contributed by atoms with Crippen LogP contribution in [-0.2, 0) is 4.74 Å². The number of ether oxygens (including phenoxy) is 1. The summed E-state index contributed by atoms with van der Waals surface area (Å²) < 4.78 is 5.59. The standard InChI is InChI=1S/C12H18O3/c13-8-4-10-15-12(7-9-14)11-5-2-1-3-6-11/h1-3,5-6,12-14H,4,7-10H2. The van der Waals surface area contributed by atoms with Gasteiger partial charge < -0.3 is 14.9 Å². The highest BCUT2D eigenvalue weighted by molar-refractivity contribution is 5.17. The zero-order valence-corrected chi connectivity index (χ0v) is 8.80. The van der Waals surface area contributed by atoms with Crippen molar-refractivity contribution in [2.75, 3.05) is 19.8 Å². The Morgan fingerprint density at radius 1 is 1.07 bits per heavy atom. The molecule has 3 nitrogen and oxygen atoms in total. The van der Waals surface area contributed by atoms with Crippen molar-refractivity contribution in [2.45, 2.75) is 18.9 Å². The molecule has 0 aliphatic rings. The van der Waals surface area contributed by atoms with Crippen LogP contribution >= 0.6 is 0 Å². The summed E-state index contributed by atoms with van der Waals surface area (Å²) >= 11 is 0. The molecule has 0 saturated carbocycles. The van der Waals surface area contributed by atoms with Gasteiger partial charge in [-0.3, -0.25) is 0 Å². The Labute approximate surface area is 90.3 Å². The largest absolute Gasteiger partial charge is 0.396 e. The van der Waals surface area contributed by atoms with Crippen molar-refractivity contribution in [3.05, 3.63) is 35.9 Å². The molecule has 1 atom stereocenters. The predicted octanol–water partition coefficient (Wildman–Crippen LogP) is 1.51. The van der Waals surface area contributed by atoms with Crippen molar-refractivity contribution in [3.63, 3.8) is 0 Å². The Hall–Kier alpha value is -0.900. The van der Waals surface area contributed by atoms with Gasteiger partial charge in [-0.25, -0.2) is 0 Å². The molecular weight excluding hydrogens is 192 g/mol. The molecule has 0 aromatic heterocycles. The van der Waals surface area contributed by atoms with Crippen LogP contribution in [0.15, 0.2) is 30.3 Å². The average Bonchev–Trinajstić information content (AvgIpc) is 2.29. The number of hydrogen-bond donors (Lipinski definition) is 2. The Bertz CT molecular complexity index is 248. The van der Waals surface area contributed by atoms with Gasteiger partial charge in [0.05, 0.1) is 6.10 Å². The minimum Gasteiger partial charge on any atom is -0.396 e. The van der Waals surface area contributed by atoms with Crippen molar-refractivity contribution < 1.29 is 14.9 Å². The minimum absolute atomic E-state index is 0.0669. The molecule has 0 heterocycles. The highest BCUT2D eigenvalue weighted by Gasteiger charge is 2.10. The van der Waals surface area contributed by atoms with Crippen molar-refractivity contribution in [3.8, 4) is 0 Å². The van der Waals surface area contributed by atoms with Crippen LogP contribution in [0.2, 0.25) is 0 Å². The van der Waals surface area contributed by atoms with Crippen LogP contribution in [0.1, 0.15) is 24.5 Å². The molecule has 0 bridgehead atoms. The van der Waals surface area contributed by atoms with Gasteiger partial charge in [-0.15, -0.1) is 0 Å². The molecule has 84 valence electrons. The first kappa shape index (κ1) is 12.2. The van der Waals surface area contributed by atoms with Gasteiger partial charge in [-0.2, -0.15) is 0 Å². The lowest BCUT2D eigenvalue weighted by molar-refractivity contribution is 0.0272. The molecule has 15 heavy (non-hydrogen) atoms. The lowest BCUT2D eigenvalue weighted by Gasteiger charge is -2.16. The third kappa shape index (κ3) is 4.42. The van der Waals surface area contributed by atoms with Crippen molar-refractivity contribution >= 4 is 0 Å². The summed E-state index contributed by atoms with van der Waals surface area (Å²) in [5.41, 5.74) is 1.07. The zero-order chi connectivity index (χ0) is 10.9. The second-order valence-corrected chi connectivity index (χ2v) is 3.36. The smallest absolute Gasteiger partial charge is 0.0846 e. The van der Waals surface area contributed by atoms with Crippen molar-refractivity contribution in [2.24, 2.45) is 0 Å². The molecular formula is C12H18O3. The van der Waals surface area contributed by atoms with Crippen molar-refractivity contribution in [1.29, 1.82) is 0 Å². The molecule has 3 heteroatoms. The van der Waals surface area contributed by atoms with Crippen LogP contribution < -0.4 is 0 Å². The van der Waals surface area contributed by atoms with E-state index in [0.29, 0.717) is 19.4 Å². The maximum atomic E-state index is 8.93. The highest BCUT2D eigenvalue weighted by Crippen LogP contribution is 2.20. The summed E-state index contributed by atoms with van der Waals surface area (Å²) in [6.45, 7) is 0.773. The normalized spacial score (nSPS) is 12.7. The van der Waals surface area contributed by atoms with Gasteiger partial charge in [0, 0.05) is 26.2 Å². The van der Waals surface area contributed by atoms with E-state index < -0.39 is 0 Å². The second kappa shape index (κ2) is 7.40. The number of benzene rings is 1. The summed E-state index contributed by atoms with van der Waals surface area (Å²) in [6.07, 6.45) is 1.16. The van der Waals surface area contributed by atoms with E-state index in [0.717, 1.165) is 5.56 Å². The van der Waals surface area contributed by atoms with E-state index in [9.17, 15) is 0 Å². The Morgan fingerprint density at radius 2 is 1.80 bits per heavy atom. The van der Waals surface area contributed by atoms with Crippen LogP contribution in [0.4, 0.5) is 0 Å². The van der Waals surface area contributed by atoms with Crippen LogP contribution in [0.25, 0.3) is 0 Å². The van der Waals surface area contributed by atoms with E-state index in [4.69, 9.17) is 14.9 Å². The maximum absolute atomic E-state index is 8.93. The average molecular weight is 210 g/mol. The van der Waals surface area contributed by atoms with Crippen LogP contribution in [0.5, 0.6) is 0 Å². The summed E-state index contributed by atoms with van der Waals surface area (Å²) in [5, 5.41) is 17.6. The molecule has 0 spiro atoms. The molecule has 0 fully saturated rings. The van der Waals surface area contributed by atoms with E-state index >= 15 is 0 Å². The zero-order valence-electron chi connectivity index (χ0n) is 8.80. The lowest BCUT2D eigenvalue weighted by atomic mass is 10.1. The van der Waals surface area contributed by atoms with Gasteiger partial charge in [0.2, 0.25) is 0 Å². The topological polar surface area (TPSA) is 49.7 Å². The van der Waals surface area contributed by atoms with E-state index in [2.05, 4.69) is 0 Å². The summed E-state index contributed by atoms with van der Waals surface area (Å²) in [6, 6.07) is 9.83. The highest BCUT2D eigenvalue weighted by atomic mass is 16.5. The van der Waals surface area contributed by atoms with E-state index in [1.54, 1.807) is 0 Å². The molecule has 1 unspecified atom stereocenters. The number of rotatable bonds is 7. The predicted molar refractivity (Wildman–Crippen MR) is 58.5 cm³/mol. The van der Waals surface area contributed by atoms with Crippen LogP contribution in [0, 0.1) is 0 Å². The molecule has 0 radical (unpaired) electrons. The summed E-state index contributed by atoms with van der Waals surface area (Å²) in [4.78, 5) is 0. The van der Waals surface area contributed by atoms with Crippen LogP contribution in [0.3, 0.4) is 0 Å². The molecule has 0 aliphatic carbocycles. The Kier molecular flexibility index (Phi) is 6.00. The summed E-state index contributed by atoms with van der Waals surface area (Å²) in [7, 11) is 0. The second-order valence-electron chi connectivity index (χ2n) is 3.36. The third-order valence-electron chi connectivity index (χ3n) is 2.18. The molecule has 0 aliphatic heterocycles. The monoisotopic (exact) mass is 210 g/mol. The molecule has 1 rings (SSSR count). The Morgan fingerprint density at radius 3 is 2.40 bits per heavy atom. The van der Waals surface area contributed by atoms with Gasteiger partial charge in [0.15, 0.2) is 0 Å². The number of aliphatic hydroxyl groups is 2.